The number of nitrogens with one attached hydrogen (secondary N) is 1. The summed E-state index contributed by atoms with van der Waals surface area (Å²) < 4.78 is 6.77. The van der Waals surface area contributed by atoms with Gasteiger partial charge in [-0.25, -0.2) is 24.9 Å². The number of hydrogen-bond donors (Lipinski definition) is 2. The third-order valence-corrected chi connectivity index (χ3v) is 10.2. The third-order valence-electron chi connectivity index (χ3n) is 9.23. The molecule has 1 saturated heterocycles. The molecule has 4 aromatic rings. The first-order valence-electron chi connectivity index (χ1n) is 15.5. The molecule has 0 unspecified atom stereocenters. The predicted octanol–water partition coefficient (Wildman–Crippen LogP) is 3.54. The van der Waals surface area contributed by atoms with Crippen molar-refractivity contribution >= 4 is 38.5 Å². The lowest BCUT2D eigenvalue weighted by Gasteiger charge is -2.49. The number of aromatic nitrogens is 5. The van der Waals surface area contributed by atoms with Crippen molar-refractivity contribution in [3.63, 3.8) is 0 Å². The number of benzene rings is 1. The fourth-order valence-corrected chi connectivity index (χ4v) is 7.50. The first-order chi connectivity index (χ1) is 21.9. The molecule has 1 aromatic carbocycles. The average Bonchev–Trinajstić information content (AvgIpc) is 3.64. The normalized spacial score (nSPS) is 25.3. The molecule has 0 spiro atoms. The minimum absolute atomic E-state index is 0.00686. The maximum Gasteiger partial charge on any atom is 0.257 e. The molecule has 13 heteroatoms. The van der Waals surface area contributed by atoms with Gasteiger partial charge in [-0.1, -0.05) is 17.4 Å². The lowest BCUT2D eigenvalue weighted by Crippen LogP contribution is -2.60. The van der Waals surface area contributed by atoms with E-state index in [0.29, 0.717) is 35.7 Å². The van der Waals surface area contributed by atoms with Crippen molar-refractivity contribution in [3.05, 3.63) is 60.7 Å². The summed E-state index contributed by atoms with van der Waals surface area (Å²) in [5, 5.41) is 13.6. The molecule has 3 aliphatic rings. The molecule has 3 aromatic heterocycles. The molecular formula is C32H36N8O4S. The quantitative estimate of drug-likeness (QED) is 0.297. The van der Waals surface area contributed by atoms with E-state index in [-0.39, 0.29) is 36.5 Å². The lowest BCUT2D eigenvalue weighted by atomic mass is 9.78. The molecule has 2 N–H and O–H groups in total. The van der Waals surface area contributed by atoms with Gasteiger partial charge in [0.2, 0.25) is 5.91 Å². The Hall–Kier alpha value is -3.91. The number of thiazole rings is 1. The fourth-order valence-electron chi connectivity index (χ4n) is 6.59. The highest BCUT2D eigenvalue weighted by atomic mass is 32.1. The highest BCUT2D eigenvalue weighted by Gasteiger charge is 2.41. The zero-order chi connectivity index (χ0) is 30.9. The van der Waals surface area contributed by atoms with Gasteiger partial charge in [0.25, 0.3) is 5.91 Å². The van der Waals surface area contributed by atoms with Crippen LogP contribution in [-0.2, 0) is 16.1 Å². The van der Waals surface area contributed by atoms with E-state index in [1.54, 1.807) is 24.8 Å². The van der Waals surface area contributed by atoms with Crippen molar-refractivity contribution in [2.24, 2.45) is 5.92 Å². The van der Waals surface area contributed by atoms with E-state index in [9.17, 15) is 14.7 Å². The summed E-state index contributed by atoms with van der Waals surface area (Å²) in [5.74, 6) is 0.504. The van der Waals surface area contributed by atoms with Gasteiger partial charge < -0.3 is 20.1 Å². The van der Waals surface area contributed by atoms with Gasteiger partial charge in [-0.05, 0) is 56.7 Å². The molecule has 45 heavy (non-hydrogen) atoms. The smallest absolute Gasteiger partial charge is 0.257 e. The third kappa shape index (κ3) is 6.43. The number of ether oxygens (including phenoxy) is 1. The van der Waals surface area contributed by atoms with Crippen LogP contribution in [0.4, 0.5) is 5.13 Å². The second-order valence-electron chi connectivity index (χ2n) is 12.2. The number of carbonyl (C=O) groups is 2. The van der Waals surface area contributed by atoms with E-state index in [0.717, 1.165) is 60.0 Å². The van der Waals surface area contributed by atoms with E-state index in [1.807, 2.05) is 23.1 Å². The summed E-state index contributed by atoms with van der Waals surface area (Å²) in [6.45, 7) is 4.50. The molecule has 3 atom stereocenters. The van der Waals surface area contributed by atoms with Crippen LogP contribution in [0.3, 0.4) is 0 Å². The first-order valence-corrected chi connectivity index (χ1v) is 16.4. The minimum Gasteiger partial charge on any atom is -0.390 e. The zero-order valence-electron chi connectivity index (χ0n) is 25.1. The molecule has 4 heterocycles. The number of aliphatic hydroxyl groups is 1. The Morgan fingerprint density at radius 3 is 2.60 bits per heavy atom. The van der Waals surface area contributed by atoms with Crippen LogP contribution in [0, 0.1) is 5.92 Å². The number of nitrogens with zero attached hydrogens (tertiary/aromatic N) is 7. The monoisotopic (exact) mass is 628 g/mol. The summed E-state index contributed by atoms with van der Waals surface area (Å²) in [6.07, 6.45) is 11.8. The second-order valence-corrected chi connectivity index (χ2v) is 13.2. The number of hydrogen-bond acceptors (Lipinski definition) is 11. The molecule has 234 valence electrons. The average molecular weight is 629 g/mol. The van der Waals surface area contributed by atoms with Crippen LogP contribution in [0.5, 0.6) is 0 Å². The predicted molar refractivity (Wildman–Crippen MR) is 168 cm³/mol. The van der Waals surface area contributed by atoms with Gasteiger partial charge in [-0.3, -0.25) is 14.5 Å². The van der Waals surface area contributed by atoms with Crippen molar-refractivity contribution in [1.29, 1.82) is 0 Å². The van der Waals surface area contributed by atoms with Gasteiger partial charge in [0.1, 0.15) is 12.9 Å². The van der Waals surface area contributed by atoms with E-state index in [1.165, 1.54) is 17.7 Å². The molecule has 3 fully saturated rings. The Bertz CT molecular complexity index is 1660. The topological polar surface area (TPSA) is 147 Å². The van der Waals surface area contributed by atoms with Crippen LogP contribution in [0.2, 0.25) is 0 Å². The van der Waals surface area contributed by atoms with Gasteiger partial charge >= 0.3 is 0 Å². The van der Waals surface area contributed by atoms with Gasteiger partial charge in [-0.15, -0.1) is 0 Å². The number of piperazine rings is 1. The van der Waals surface area contributed by atoms with Crippen molar-refractivity contribution in [2.45, 2.75) is 69.9 Å². The van der Waals surface area contributed by atoms with Crippen LogP contribution in [-0.4, -0.2) is 95.6 Å². The Kier molecular flexibility index (Phi) is 8.49. The van der Waals surface area contributed by atoms with E-state index in [2.05, 4.69) is 42.1 Å². The van der Waals surface area contributed by atoms with Gasteiger partial charge in [-0.2, -0.15) is 0 Å². The van der Waals surface area contributed by atoms with Crippen molar-refractivity contribution < 1.29 is 19.4 Å². The second kappa shape index (κ2) is 12.8. The first kappa shape index (κ1) is 29.8. The summed E-state index contributed by atoms with van der Waals surface area (Å²) >= 11 is 1.46. The van der Waals surface area contributed by atoms with Crippen molar-refractivity contribution in [2.75, 3.05) is 25.0 Å². The lowest BCUT2D eigenvalue weighted by molar-refractivity contribution is -0.125. The number of aliphatic hydroxyl groups excluding tert-OH is 1. The molecule has 2 amide bonds. The fraction of sp³-hybridized carbons (Fsp3) is 0.469. The summed E-state index contributed by atoms with van der Waals surface area (Å²) in [7, 11) is 0. The Morgan fingerprint density at radius 1 is 1.07 bits per heavy atom. The van der Waals surface area contributed by atoms with Crippen LogP contribution in [0.25, 0.3) is 21.3 Å². The van der Waals surface area contributed by atoms with Crippen LogP contribution < -0.4 is 5.32 Å². The van der Waals surface area contributed by atoms with Crippen molar-refractivity contribution in [1.82, 2.24) is 34.7 Å². The maximum absolute atomic E-state index is 13.1. The van der Waals surface area contributed by atoms with E-state index in [4.69, 9.17) is 4.74 Å². The van der Waals surface area contributed by atoms with Crippen LogP contribution >= 0.6 is 11.3 Å². The standard InChI is InChI=1S/C32H36N8O4S/c1-19-16-39(31(43)23-12-33-18-34-13-23)7-8-40(19)24-9-21(10-24)30(42)38-32-37-25-6-5-20(11-28(25)45-32)22-14-35-29(36-15-22)17-44-27-4-2-3-26(27)41/h5-6,11-15,18-19,21,24,26-27,41H,2-4,7-10,16-17H2,1H3,(H,37,38,42)/t19-,21?,24?,26-,27-/m0/s1. The molecule has 1 aliphatic heterocycles. The van der Waals surface area contributed by atoms with Crippen LogP contribution in [0.15, 0.2) is 49.3 Å². The Morgan fingerprint density at radius 2 is 1.87 bits per heavy atom. The molecular weight excluding hydrogens is 592 g/mol. The Balaban J connectivity index is 0.904. The molecule has 0 radical (unpaired) electrons. The molecule has 2 aliphatic carbocycles. The highest BCUT2D eigenvalue weighted by Crippen LogP contribution is 2.36. The molecule has 0 bridgehead atoms. The highest BCUT2D eigenvalue weighted by molar-refractivity contribution is 7.22. The molecule has 2 saturated carbocycles. The van der Waals surface area contributed by atoms with Crippen molar-refractivity contribution in [3.8, 4) is 11.1 Å². The summed E-state index contributed by atoms with van der Waals surface area (Å²) in [6, 6.07) is 6.52. The van der Waals surface area contributed by atoms with E-state index < -0.39 is 6.10 Å². The van der Waals surface area contributed by atoms with E-state index >= 15 is 0 Å². The number of anilines is 1. The van der Waals surface area contributed by atoms with Gasteiger partial charge in [0.15, 0.2) is 11.0 Å². The summed E-state index contributed by atoms with van der Waals surface area (Å²) in [4.78, 5) is 51.7. The number of rotatable bonds is 8. The van der Waals surface area contributed by atoms with Crippen LogP contribution in [0.1, 0.15) is 55.2 Å². The number of fused-ring (bicyclic) bond motifs is 1. The Labute approximate surface area is 264 Å². The van der Waals surface area contributed by atoms with Gasteiger partial charge in [0, 0.05) is 68.0 Å². The minimum atomic E-state index is -0.401. The number of amides is 2. The summed E-state index contributed by atoms with van der Waals surface area (Å²) in [5.41, 5.74) is 3.19. The van der Waals surface area contributed by atoms with Gasteiger partial charge in [0.05, 0.1) is 28.0 Å². The maximum atomic E-state index is 13.1. The number of carbonyl (C=O) groups excluding carboxylic acids is 2. The zero-order valence-corrected chi connectivity index (χ0v) is 25.9. The SMILES string of the molecule is C[C@H]1CN(C(=O)c2cncnc2)CCN1C1CC(C(=O)Nc2nc3ccc(-c4cnc(CO[C@H]5CCC[C@@H]5O)nc4)cc3s2)C1. The molecule has 12 nitrogen and oxygen atoms in total. The molecule has 7 rings (SSSR count). The largest absolute Gasteiger partial charge is 0.390 e.